The van der Waals surface area contributed by atoms with Crippen molar-refractivity contribution in [1.29, 1.82) is 5.26 Å². The maximum atomic E-state index is 13.9. The summed E-state index contributed by atoms with van der Waals surface area (Å²) in [5, 5.41) is 8.77. The zero-order valence-electron chi connectivity index (χ0n) is 11.0. The molecule has 1 unspecified atom stereocenters. The Labute approximate surface area is 110 Å². The van der Waals surface area contributed by atoms with Crippen LogP contribution in [0.5, 0.6) is 0 Å². The second-order valence-corrected chi connectivity index (χ2v) is 7.04. The minimum absolute atomic E-state index is 0.00249. The summed E-state index contributed by atoms with van der Waals surface area (Å²) >= 11 is -1.28. The molecule has 3 nitrogen and oxygen atoms in total. The summed E-state index contributed by atoms with van der Waals surface area (Å²) in [5.41, 5.74) is 0.356. The summed E-state index contributed by atoms with van der Waals surface area (Å²) in [5.74, 6) is -0.550. The Hall–Kier alpha value is -1.09. The number of rotatable bonds is 3. The van der Waals surface area contributed by atoms with E-state index in [0.717, 1.165) is 0 Å². The lowest BCUT2D eigenvalue weighted by Gasteiger charge is -2.26. The first-order valence-corrected chi connectivity index (χ1v) is 6.79. The number of hydrogen-bond donors (Lipinski definition) is 1. The van der Waals surface area contributed by atoms with Gasteiger partial charge in [0, 0.05) is 16.9 Å². The van der Waals surface area contributed by atoms with Crippen molar-refractivity contribution in [3.05, 3.63) is 35.1 Å². The van der Waals surface area contributed by atoms with E-state index in [4.69, 9.17) is 5.26 Å². The van der Waals surface area contributed by atoms with Crippen LogP contribution in [0.1, 0.15) is 44.9 Å². The zero-order valence-corrected chi connectivity index (χ0v) is 11.8. The lowest BCUT2D eigenvalue weighted by Crippen LogP contribution is -2.40. The molecule has 0 saturated carbocycles. The smallest absolute Gasteiger partial charge is 0.145 e. The van der Waals surface area contributed by atoms with Gasteiger partial charge in [-0.05, 0) is 33.8 Å². The fraction of sp³-hybridized carbons (Fsp3) is 0.462. The Kier molecular flexibility index (Phi) is 4.74. The van der Waals surface area contributed by atoms with Crippen LogP contribution in [0.25, 0.3) is 0 Å². The van der Waals surface area contributed by atoms with Crippen LogP contribution >= 0.6 is 0 Å². The van der Waals surface area contributed by atoms with E-state index in [-0.39, 0.29) is 5.56 Å². The topological polar surface area (TPSA) is 58.9 Å². The number of benzene rings is 1. The Bertz CT molecular complexity index is 465. The van der Waals surface area contributed by atoms with Crippen molar-refractivity contribution in [3.63, 3.8) is 0 Å². The van der Waals surface area contributed by atoms with Gasteiger partial charge in [-0.2, -0.15) is 5.26 Å². The fourth-order valence-corrected chi connectivity index (χ4v) is 2.17. The van der Waals surface area contributed by atoms with Gasteiger partial charge in [0.1, 0.15) is 16.6 Å². The van der Waals surface area contributed by atoms with Crippen molar-refractivity contribution in [3.8, 4) is 6.07 Å². The van der Waals surface area contributed by atoms with Crippen LogP contribution in [-0.2, 0) is 11.4 Å². The Morgan fingerprint density at radius 2 is 2.06 bits per heavy atom. The van der Waals surface area contributed by atoms with Gasteiger partial charge in [-0.3, -0.25) is 0 Å². The molecule has 0 bridgehead atoms. The fourth-order valence-electron chi connectivity index (χ4n) is 1.37. The van der Waals surface area contributed by atoms with E-state index in [2.05, 4.69) is 4.72 Å². The van der Waals surface area contributed by atoms with Gasteiger partial charge in [0.05, 0.1) is 11.6 Å². The quantitative estimate of drug-likeness (QED) is 0.857. The second kappa shape index (κ2) is 5.70. The van der Waals surface area contributed by atoms with Gasteiger partial charge in [-0.15, -0.1) is 4.72 Å². The van der Waals surface area contributed by atoms with Crippen molar-refractivity contribution < 1.29 is 8.94 Å². The van der Waals surface area contributed by atoms with Crippen molar-refractivity contribution in [2.24, 2.45) is 0 Å². The molecule has 0 aliphatic carbocycles. The predicted molar refractivity (Wildman–Crippen MR) is 70.6 cm³/mol. The summed E-state index contributed by atoms with van der Waals surface area (Å²) in [6.45, 7) is 7.24. The Balaban J connectivity index is 2.92. The largest absolute Gasteiger partial charge is 0.598 e. The van der Waals surface area contributed by atoms with E-state index in [9.17, 15) is 8.94 Å². The first kappa shape index (κ1) is 15.0. The highest BCUT2D eigenvalue weighted by Gasteiger charge is 2.29. The van der Waals surface area contributed by atoms with E-state index < -0.39 is 28.0 Å². The number of hydrogen-bond acceptors (Lipinski definition) is 3. The molecule has 1 aromatic rings. The molecule has 1 rings (SSSR count). The van der Waals surface area contributed by atoms with Crippen molar-refractivity contribution in [2.45, 2.75) is 38.5 Å². The van der Waals surface area contributed by atoms with Crippen LogP contribution in [0, 0.1) is 17.1 Å². The standard InChI is InChI=1S/C13H17FN2OS/c1-9(16-18(17)13(2,3)4)11-7-5-6-10(8-15)12(11)14/h5-7,9,16H,1-4H3/t9-,18?/m1/s1. The lowest BCUT2D eigenvalue weighted by atomic mass is 10.1. The van der Waals surface area contributed by atoms with Crippen LogP contribution in [-0.4, -0.2) is 9.30 Å². The van der Waals surface area contributed by atoms with Gasteiger partial charge >= 0.3 is 0 Å². The average molecular weight is 268 g/mol. The van der Waals surface area contributed by atoms with Gasteiger partial charge in [0.2, 0.25) is 0 Å². The summed E-state index contributed by atoms with van der Waals surface area (Å²) in [6, 6.07) is 6.01. The van der Waals surface area contributed by atoms with Gasteiger partial charge < -0.3 is 4.55 Å². The normalized spacial score (nSPS) is 14.9. The van der Waals surface area contributed by atoms with Crippen molar-refractivity contribution in [2.75, 3.05) is 0 Å². The van der Waals surface area contributed by atoms with E-state index in [1.807, 2.05) is 20.8 Å². The first-order chi connectivity index (χ1) is 8.27. The Morgan fingerprint density at radius 1 is 1.44 bits per heavy atom. The first-order valence-electron chi connectivity index (χ1n) is 5.64. The van der Waals surface area contributed by atoms with E-state index in [1.165, 1.54) is 6.07 Å². The molecule has 1 aromatic carbocycles. The van der Waals surface area contributed by atoms with Crippen LogP contribution in [0.3, 0.4) is 0 Å². The third kappa shape index (κ3) is 3.45. The van der Waals surface area contributed by atoms with Crippen LogP contribution in [0.4, 0.5) is 4.39 Å². The van der Waals surface area contributed by atoms with Crippen molar-refractivity contribution >= 4 is 11.4 Å². The molecule has 0 amide bonds. The summed E-state index contributed by atoms with van der Waals surface area (Å²) in [4.78, 5) is 0. The van der Waals surface area contributed by atoms with Gasteiger partial charge in [0.15, 0.2) is 0 Å². The average Bonchev–Trinajstić information content (AvgIpc) is 2.27. The molecule has 98 valence electrons. The maximum absolute atomic E-state index is 13.9. The minimum Gasteiger partial charge on any atom is -0.598 e. The zero-order chi connectivity index (χ0) is 13.9. The third-order valence-electron chi connectivity index (χ3n) is 2.46. The lowest BCUT2D eigenvalue weighted by molar-refractivity contribution is 0.522. The predicted octanol–water partition coefficient (Wildman–Crippen LogP) is 2.81. The highest BCUT2D eigenvalue weighted by atomic mass is 32.2. The molecule has 0 radical (unpaired) electrons. The monoisotopic (exact) mass is 268 g/mol. The van der Waals surface area contributed by atoms with E-state index in [0.29, 0.717) is 5.56 Å². The summed E-state index contributed by atoms with van der Waals surface area (Å²) < 4.78 is 28.3. The van der Waals surface area contributed by atoms with E-state index >= 15 is 0 Å². The highest BCUT2D eigenvalue weighted by Crippen LogP contribution is 2.23. The molecular formula is C13H17FN2OS. The van der Waals surface area contributed by atoms with Crippen molar-refractivity contribution in [1.82, 2.24) is 4.72 Å². The minimum atomic E-state index is -1.28. The molecule has 18 heavy (non-hydrogen) atoms. The molecule has 0 aliphatic rings. The molecular weight excluding hydrogens is 251 g/mol. The maximum Gasteiger partial charge on any atom is 0.145 e. The molecule has 1 N–H and O–H groups in total. The Morgan fingerprint density at radius 3 is 2.56 bits per heavy atom. The number of halogens is 1. The SMILES string of the molecule is C[C@@H](N[S+]([O-])C(C)(C)C)c1cccc(C#N)c1F. The van der Waals surface area contributed by atoms with Gasteiger partial charge in [-0.25, -0.2) is 4.39 Å². The molecule has 0 spiro atoms. The number of nitrogens with zero attached hydrogens (tertiary/aromatic N) is 1. The second-order valence-electron chi connectivity index (χ2n) is 5.04. The molecule has 0 aromatic heterocycles. The highest BCUT2D eigenvalue weighted by molar-refractivity contribution is 7.90. The third-order valence-corrected chi connectivity index (χ3v) is 4.14. The van der Waals surface area contributed by atoms with Crippen LogP contribution < -0.4 is 4.72 Å². The number of nitrogens with one attached hydrogen (secondary N) is 1. The molecule has 0 heterocycles. The van der Waals surface area contributed by atoms with Crippen LogP contribution in [0.15, 0.2) is 18.2 Å². The number of nitriles is 1. The van der Waals surface area contributed by atoms with Gasteiger partial charge in [0.25, 0.3) is 0 Å². The molecule has 0 fully saturated rings. The summed E-state index contributed by atoms with van der Waals surface area (Å²) in [6.07, 6.45) is 0. The molecule has 5 heteroatoms. The molecule has 2 atom stereocenters. The van der Waals surface area contributed by atoms with E-state index in [1.54, 1.807) is 25.1 Å². The van der Waals surface area contributed by atoms with Crippen LogP contribution in [0.2, 0.25) is 0 Å². The summed E-state index contributed by atoms with van der Waals surface area (Å²) in [7, 11) is 0. The van der Waals surface area contributed by atoms with Gasteiger partial charge in [-0.1, -0.05) is 12.1 Å². The molecule has 0 aliphatic heterocycles. The molecule has 0 saturated heterocycles.